The highest BCUT2D eigenvalue weighted by atomic mass is 16.5. The molecule has 7 heteroatoms. The Kier molecular flexibility index (Phi) is 6.37. The molecular formula is C25H28N4O3. The maximum absolute atomic E-state index is 13.3. The minimum atomic E-state index is -0.311. The zero-order valence-corrected chi connectivity index (χ0v) is 18.9. The van der Waals surface area contributed by atoms with Gasteiger partial charge >= 0.3 is 0 Å². The van der Waals surface area contributed by atoms with Gasteiger partial charge in [-0.15, -0.1) is 0 Å². The van der Waals surface area contributed by atoms with Crippen molar-refractivity contribution in [3.63, 3.8) is 0 Å². The van der Waals surface area contributed by atoms with Crippen LogP contribution in [0.15, 0.2) is 48.5 Å². The Bertz CT molecular complexity index is 1130. The molecule has 32 heavy (non-hydrogen) atoms. The van der Waals surface area contributed by atoms with Crippen LogP contribution in [-0.4, -0.2) is 47.6 Å². The summed E-state index contributed by atoms with van der Waals surface area (Å²) in [6.45, 7) is 7.24. The van der Waals surface area contributed by atoms with Crippen molar-refractivity contribution in [2.45, 2.75) is 26.9 Å². The molecule has 7 nitrogen and oxygen atoms in total. The molecule has 0 radical (unpaired) electrons. The molecule has 0 spiro atoms. The first kappa shape index (κ1) is 21.8. The van der Waals surface area contributed by atoms with Crippen molar-refractivity contribution in [2.24, 2.45) is 0 Å². The molecule has 3 aromatic rings. The molecule has 1 amide bonds. The van der Waals surface area contributed by atoms with Crippen LogP contribution in [0.1, 0.15) is 39.1 Å². The molecule has 1 fully saturated rings. The Morgan fingerprint density at radius 3 is 2.69 bits per heavy atom. The smallest absolute Gasteiger partial charge is 0.257 e. The molecule has 1 N–H and O–H groups in total. The van der Waals surface area contributed by atoms with E-state index in [0.717, 1.165) is 34.2 Å². The zero-order valence-electron chi connectivity index (χ0n) is 18.9. The van der Waals surface area contributed by atoms with Crippen molar-refractivity contribution in [1.82, 2.24) is 14.9 Å². The zero-order chi connectivity index (χ0) is 22.7. The van der Waals surface area contributed by atoms with E-state index in [1.807, 2.05) is 68.1 Å². The number of para-hydroxylation sites is 1. The molecule has 0 unspecified atom stereocenters. The molecule has 0 bridgehead atoms. The second-order valence-corrected chi connectivity index (χ2v) is 7.98. The number of nitrogens with zero attached hydrogens (tertiary/aromatic N) is 3. The third kappa shape index (κ3) is 4.73. The van der Waals surface area contributed by atoms with Crippen molar-refractivity contribution in [3.8, 4) is 5.75 Å². The minimum Gasteiger partial charge on any atom is -0.496 e. The molecule has 4 rings (SSSR count). The minimum absolute atomic E-state index is 0.0613. The van der Waals surface area contributed by atoms with Gasteiger partial charge in [0.1, 0.15) is 17.7 Å². The predicted molar refractivity (Wildman–Crippen MR) is 124 cm³/mol. The van der Waals surface area contributed by atoms with E-state index in [1.165, 1.54) is 0 Å². The largest absolute Gasteiger partial charge is 0.496 e. The van der Waals surface area contributed by atoms with Crippen LogP contribution in [0.3, 0.4) is 0 Å². The van der Waals surface area contributed by atoms with Crippen LogP contribution in [0.25, 0.3) is 0 Å². The molecule has 2 aromatic heterocycles. The van der Waals surface area contributed by atoms with E-state index in [4.69, 9.17) is 9.47 Å². The van der Waals surface area contributed by atoms with Gasteiger partial charge in [0.05, 0.1) is 31.5 Å². The molecule has 1 saturated heterocycles. The lowest BCUT2D eigenvalue weighted by Crippen LogP contribution is -2.42. The molecule has 0 aliphatic carbocycles. The maximum Gasteiger partial charge on any atom is 0.257 e. The number of benzene rings is 1. The summed E-state index contributed by atoms with van der Waals surface area (Å²) in [6.07, 6.45) is -0.311. The first-order valence-corrected chi connectivity index (χ1v) is 10.7. The van der Waals surface area contributed by atoms with Gasteiger partial charge < -0.3 is 19.7 Å². The number of anilines is 2. The number of rotatable bonds is 5. The van der Waals surface area contributed by atoms with E-state index < -0.39 is 0 Å². The first-order valence-electron chi connectivity index (χ1n) is 10.7. The van der Waals surface area contributed by atoms with Gasteiger partial charge in [-0.2, -0.15) is 0 Å². The van der Waals surface area contributed by atoms with E-state index >= 15 is 0 Å². The second kappa shape index (κ2) is 9.36. The third-order valence-electron chi connectivity index (χ3n) is 5.46. The van der Waals surface area contributed by atoms with Gasteiger partial charge in [-0.3, -0.25) is 9.78 Å². The van der Waals surface area contributed by atoms with Crippen molar-refractivity contribution in [3.05, 3.63) is 76.7 Å². The SMILES string of the molecule is COc1c(C)cccc1C(=O)N1CCO[C@H](c2cc(Nc3cccc(C)n3)cc(C)n2)C1. The summed E-state index contributed by atoms with van der Waals surface area (Å²) in [4.78, 5) is 24.3. The second-order valence-electron chi connectivity index (χ2n) is 7.98. The lowest BCUT2D eigenvalue weighted by atomic mass is 10.1. The number of morpholine rings is 1. The first-order chi connectivity index (χ1) is 15.4. The standard InChI is InChI=1S/C25H28N4O3/c1-16-7-5-9-20(24(16)31-4)25(30)29-11-12-32-22(15-29)21-14-19(13-18(3)26-21)28-23-10-6-8-17(2)27-23/h5-10,13-14,22H,11-12,15H2,1-4H3,(H,26,27,28)/t22-/m0/s1. The molecular weight excluding hydrogens is 404 g/mol. The van der Waals surface area contributed by atoms with Crippen LogP contribution >= 0.6 is 0 Å². The van der Waals surface area contributed by atoms with E-state index in [2.05, 4.69) is 15.3 Å². The number of hydrogen-bond donors (Lipinski definition) is 1. The van der Waals surface area contributed by atoms with Gasteiger partial charge in [-0.25, -0.2) is 4.98 Å². The maximum atomic E-state index is 13.3. The predicted octanol–water partition coefficient (Wildman–Crippen LogP) is 4.37. The highest BCUT2D eigenvalue weighted by Gasteiger charge is 2.29. The topological polar surface area (TPSA) is 76.6 Å². The van der Waals surface area contributed by atoms with Crippen LogP contribution in [-0.2, 0) is 4.74 Å². The summed E-state index contributed by atoms with van der Waals surface area (Å²) in [7, 11) is 1.59. The van der Waals surface area contributed by atoms with Gasteiger partial charge in [0.25, 0.3) is 5.91 Å². The van der Waals surface area contributed by atoms with Crippen molar-refractivity contribution >= 4 is 17.4 Å². The van der Waals surface area contributed by atoms with E-state index in [9.17, 15) is 4.79 Å². The number of aromatic nitrogens is 2. The van der Waals surface area contributed by atoms with Crippen molar-refractivity contribution < 1.29 is 14.3 Å². The number of ether oxygens (including phenoxy) is 2. The van der Waals surface area contributed by atoms with Gasteiger partial charge in [0, 0.05) is 23.6 Å². The fraction of sp³-hybridized carbons (Fsp3) is 0.320. The van der Waals surface area contributed by atoms with Gasteiger partial charge in [0.2, 0.25) is 0 Å². The number of carbonyl (C=O) groups excluding carboxylic acids is 1. The summed E-state index contributed by atoms with van der Waals surface area (Å²) in [5.41, 5.74) is 4.98. The van der Waals surface area contributed by atoms with Crippen molar-refractivity contribution in [2.75, 3.05) is 32.1 Å². The highest BCUT2D eigenvalue weighted by molar-refractivity contribution is 5.97. The lowest BCUT2D eigenvalue weighted by molar-refractivity contribution is -0.0248. The van der Waals surface area contributed by atoms with E-state index in [1.54, 1.807) is 13.2 Å². The Morgan fingerprint density at radius 2 is 1.91 bits per heavy atom. The average molecular weight is 433 g/mol. The Morgan fingerprint density at radius 1 is 1.09 bits per heavy atom. The number of hydrogen-bond acceptors (Lipinski definition) is 6. The van der Waals surface area contributed by atoms with Crippen molar-refractivity contribution in [1.29, 1.82) is 0 Å². The number of aryl methyl sites for hydroxylation is 3. The number of amides is 1. The van der Waals surface area contributed by atoms with Gasteiger partial charge in [0.15, 0.2) is 0 Å². The number of nitrogens with one attached hydrogen (secondary N) is 1. The summed E-state index contributed by atoms with van der Waals surface area (Å²) in [6, 6.07) is 15.4. The van der Waals surface area contributed by atoms with Gasteiger partial charge in [-0.1, -0.05) is 18.2 Å². The van der Waals surface area contributed by atoms with Gasteiger partial charge in [-0.05, 0) is 56.7 Å². The fourth-order valence-electron chi connectivity index (χ4n) is 3.97. The van der Waals surface area contributed by atoms with Crippen LogP contribution in [0, 0.1) is 20.8 Å². The molecule has 0 saturated carbocycles. The normalized spacial score (nSPS) is 16.0. The lowest BCUT2D eigenvalue weighted by Gasteiger charge is -2.33. The molecule has 1 aromatic carbocycles. The quantitative estimate of drug-likeness (QED) is 0.645. The monoisotopic (exact) mass is 432 g/mol. The molecule has 3 heterocycles. The Balaban J connectivity index is 1.55. The molecule has 166 valence electrons. The average Bonchev–Trinajstić information content (AvgIpc) is 2.78. The van der Waals surface area contributed by atoms with Crippen LogP contribution < -0.4 is 10.1 Å². The Hall–Kier alpha value is -3.45. The summed E-state index contributed by atoms with van der Waals surface area (Å²) in [5, 5.41) is 3.34. The summed E-state index contributed by atoms with van der Waals surface area (Å²) >= 11 is 0. The summed E-state index contributed by atoms with van der Waals surface area (Å²) < 4.78 is 11.5. The molecule has 1 atom stereocenters. The van der Waals surface area contributed by atoms with Crippen LogP contribution in [0.5, 0.6) is 5.75 Å². The number of carbonyl (C=O) groups is 1. The molecule has 1 aliphatic rings. The number of pyridine rings is 2. The fourth-order valence-corrected chi connectivity index (χ4v) is 3.97. The Labute approximate surface area is 188 Å². The van der Waals surface area contributed by atoms with E-state index in [-0.39, 0.29) is 12.0 Å². The summed E-state index contributed by atoms with van der Waals surface area (Å²) in [5.74, 6) is 1.33. The third-order valence-corrected chi connectivity index (χ3v) is 5.46. The van der Waals surface area contributed by atoms with Crippen LogP contribution in [0.4, 0.5) is 11.5 Å². The van der Waals surface area contributed by atoms with E-state index in [0.29, 0.717) is 31.0 Å². The highest BCUT2D eigenvalue weighted by Crippen LogP contribution is 2.29. The number of methoxy groups -OCH3 is 1. The molecule has 1 aliphatic heterocycles. The van der Waals surface area contributed by atoms with Crippen LogP contribution in [0.2, 0.25) is 0 Å².